The first-order valence-corrected chi connectivity index (χ1v) is 10.3. The summed E-state index contributed by atoms with van der Waals surface area (Å²) >= 11 is 0. The zero-order chi connectivity index (χ0) is 22.5. The van der Waals surface area contributed by atoms with Gasteiger partial charge in [0.15, 0.2) is 0 Å². The van der Waals surface area contributed by atoms with Gasteiger partial charge in [0.2, 0.25) is 11.8 Å². The number of benzene rings is 2. The average molecular weight is 435 g/mol. The zero-order valence-corrected chi connectivity index (χ0v) is 17.1. The van der Waals surface area contributed by atoms with Crippen molar-refractivity contribution < 1.29 is 23.2 Å². The van der Waals surface area contributed by atoms with Crippen LogP contribution >= 0.6 is 0 Å². The standard InChI is InChI=1S/C24H22FN3O4/c25-16-9-7-15(8-10-16)17(21-6-3-13-32-21)11-12-26-22(29)14-20-24(31)27-19-5-2-1-4-18(19)23(30)28-20/h1-10,13,17,20H,11-12,14H2,(H,26,29)(H,27,31)(H,28,30). The Morgan fingerprint density at radius 3 is 2.59 bits per heavy atom. The Hall–Kier alpha value is -3.94. The number of halogens is 1. The van der Waals surface area contributed by atoms with Crippen molar-refractivity contribution in [1.29, 1.82) is 0 Å². The molecule has 3 aromatic rings. The predicted molar refractivity (Wildman–Crippen MR) is 116 cm³/mol. The maximum atomic E-state index is 13.3. The number of amides is 3. The van der Waals surface area contributed by atoms with Gasteiger partial charge in [0.25, 0.3) is 5.91 Å². The van der Waals surface area contributed by atoms with Crippen molar-refractivity contribution >= 4 is 23.4 Å². The summed E-state index contributed by atoms with van der Waals surface area (Å²) in [6.45, 7) is 0.310. The number of fused-ring (bicyclic) bond motifs is 1. The van der Waals surface area contributed by atoms with E-state index in [4.69, 9.17) is 4.42 Å². The summed E-state index contributed by atoms with van der Waals surface area (Å²) in [4.78, 5) is 37.3. The molecular formula is C24H22FN3O4. The molecule has 8 heteroatoms. The molecule has 0 fully saturated rings. The summed E-state index contributed by atoms with van der Waals surface area (Å²) in [6.07, 6.45) is 1.89. The van der Waals surface area contributed by atoms with Crippen LogP contribution < -0.4 is 16.0 Å². The molecule has 7 nitrogen and oxygen atoms in total. The molecule has 2 aromatic carbocycles. The fourth-order valence-electron chi connectivity index (χ4n) is 3.73. The van der Waals surface area contributed by atoms with Gasteiger partial charge in [-0.15, -0.1) is 0 Å². The second-order valence-electron chi connectivity index (χ2n) is 7.52. The Labute approximate surface area is 184 Å². The van der Waals surface area contributed by atoms with Crippen molar-refractivity contribution in [3.05, 3.63) is 89.6 Å². The van der Waals surface area contributed by atoms with Crippen LogP contribution in [-0.2, 0) is 9.59 Å². The van der Waals surface area contributed by atoms with Gasteiger partial charge in [-0.05, 0) is 48.4 Å². The molecule has 1 aromatic heterocycles. The molecule has 1 aliphatic heterocycles. The van der Waals surface area contributed by atoms with E-state index in [1.54, 1.807) is 48.7 Å². The monoisotopic (exact) mass is 435 g/mol. The van der Waals surface area contributed by atoms with Crippen molar-refractivity contribution in [2.24, 2.45) is 0 Å². The van der Waals surface area contributed by atoms with E-state index in [1.807, 2.05) is 6.07 Å². The number of hydrogen-bond acceptors (Lipinski definition) is 4. The Kier molecular flexibility index (Phi) is 6.30. The molecule has 0 spiro atoms. The van der Waals surface area contributed by atoms with Gasteiger partial charge < -0.3 is 20.4 Å². The molecule has 3 N–H and O–H groups in total. The average Bonchev–Trinajstić information content (AvgIpc) is 3.28. The number of rotatable bonds is 7. The minimum absolute atomic E-state index is 0.165. The fourth-order valence-corrected chi connectivity index (χ4v) is 3.73. The first-order chi connectivity index (χ1) is 15.5. The van der Waals surface area contributed by atoms with Gasteiger partial charge in [0, 0.05) is 12.5 Å². The molecule has 1 aliphatic rings. The van der Waals surface area contributed by atoms with Crippen LogP contribution in [0.4, 0.5) is 10.1 Å². The molecule has 32 heavy (non-hydrogen) atoms. The topological polar surface area (TPSA) is 100 Å². The molecule has 0 radical (unpaired) electrons. The van der Waals surface area contributed by atoms with E-state index in [9.17, 15) is 18.8 Å². The molecule has 0 saturated carbocycles. The minimum atomic E-state index is -0.979. The number of carbonyl (C=O) groups excluding carboxylic acids is 3. The SMILES string of the molecule is O=C(CC1NC(=O)c2ccccc2NC1=O)NCCC(c1ccc(F)cc1)c1ccco1. The smallest absolute Gasteiger partial charge is 0.254 e. The number of nitrogens with one attached hydrogen (secondary N) is 3. The predicted octanol–water partition coefficient (Wildman–Crippen LogP) is 3.20. The normalized spacial score (nSPS) is 16.3. The zero-order valence-electron chi connectivity index (χ0n) is 17.1. The van der Waals surface area contributed by atoms with E-state index in [1.165, 1.54) is 12.1 Å². The highest BCUT2D eigenvalue weighted by molar-refractivity contribution is 6.10. The number of furan rings is 1. The van der Waals surface area contributed by atoms with E-state index in [-0.39, 0.29) is 24.1 Å². The van der Waals surface area contributed by atoms with Crippen LogP contribution in [0.3, 0.4) is 0 Å². The third-order valence-corrected chi connectivity index (χ3v) is 5.36. The summed E-state index contributed by atoms with van der Waals surface area (Å²) in [5.74, 6) is -1.01. The molecule has 3 amide bonds. The van der Waals surface area contributed by atoms with Gasteiger partial charge in [0.1, 0.15) is 17.6 Å². The Morgan fingerprint density at radius 2 is 1.84 bits per heavy atom. The molecular weight excluding hydrogens is 413 g/mol. The van der Waals surface area contributed by atoms with E-state index in [0.717, 1.165) is 5.56 Å². The first-order valence-electron chi connectivity index (χ1n) is 10.3. The van der Waals surface area contributed by atoms with Gasteiger partial charge >= 0.3 is 0 Å². The van der Waals surface area contributed by atoms with Gasteiger partial charge in [-0.25, -0.2) is 4.39 Å². The van der Waals surface area contributed by atoms with Crippen molar-refractivity contribution in [1.82, 2.24) is 10.6 Å². The molecule has 0 bridgehead atoms. The number of carbonyl (C=O) groups is 3. The van der Waals surface area contributed by atoms with Crippen LogP contribution in [0, 0.1) is 5.82 Å². The summed E-state index contributed by atoms with van der Waals surface area (Å²) in [5.41, 5.74) is 1.63. The second-order valence-corrected chi connectivity index (χ2v) is 7.52. The van der Waals surface area contributed by atoms with Crippen molar-refractivity contribution in [2.75, 3.05) is 11.9 Å². The summed E-state index contributed by atoms with van der Waals surface area (Å²) in [7, 11) is 0. The van der Waals surface area contributed by atoms with E-state index in [2.05, 4.69) is 16.0 Å². The van der Waals surface area contributed by atoms with Crippen LogP contribution in [0.15, 0.2) is 71.3 Å². The van der Waals surface area contributed by atoms with Crippen LogP contribution in [0.1, 0.15) is 40.4 Å². The molecule has 164 valence electrons. The Bertz CT molecular complexity index is 1110. The van der Waals surface area contributed by atoms with Crippen LogP contribution in [0.2, 0.25) is 0 Å². The van der Waals surface area contributed by atoms with E-state index >= 15 is 0 Å². The third kappa shape index (κ3) is 4.85. The maximum Gasteiger partial charge on any atom is 0.254 e. The number of anilines is 1. The van der Waals surface area contributed by atoms with Gasteiger partial charge in [-0.1, -0.05) is 24.3 Å². The van der Waals surface area contributed by atoms with Crippen molar-refractivity contribution in [3.8, 4) is 0 Å². The summed E-state index contributed by atoms with van der Waals surface area (Å²) < 4.78 is 18.8. The van der Waals surface area contributed by atoms with E-state index < -0.39 is 17.9 Å². The van der Waals surface area contributed by atoms with Crippen LogP contribution in [0.25, 0.3) is 0 Å². The Balaban J connectivity index is 1.35. The lowest BCUT2D eigenvalue weighted by atomic mass is 9.93. The lowest BCUT2D eigenvalue weighted by Crippen LogP contribution is -2.44. The van der Waals surface area contributed by atoms with Crippen molar-refractivity contribution in [2.45, 2.75) is 24.8 Å². The fraction of sp³-hybridized carbons (Fsp3) is 0.208. The Morgan fingerprint density at radius 1 is 1.06 bits per heavy atom. The van der Waals surface area contributed by atoms with Gasteiger partial charge in [-0.2, -0.15) is 0 Å². The second kappa shape index (κ2) is 9.47. The lowest BCUT2D eigenvalue weighted by molar-refractivity contribution is -0.125. The molecule has 4 rings (SSSR count). The minimum Gasteiger partial charge on any atom is -0.469 e. The maximum absolute atomic E-state index is 13.3. The van der Waals surface area contributed by atoms with Gasteiger partial charge in [-0.3, -0.25) is 14.4 Å². The summed E-state index contributed by atoms with van der Waals surface area (Å²) in [6, 6.07) is 15.4. The van der Waals surface area contributed by atoms with Crippen LogP contribution in [0.5, 0.6) is 0 Å². The van der Waals surface area contributed by atoms with E-state index in [0.29, 0.717) is 30.0 Å². The largest absolute Gasteiger partial charge is 0.469 e. The third-order valence-electron chi connectivity index (χ3n) is 5.36. The number of para-hydroxylation sites is 1. The van der Waals surface area contributed by atoms with Crippen LogP contribution in [-0.4, -0.2) is 30.3 Å². The highest BCUT2D eigenvalue weighted by Gasteiger charge is 2.29. The highest BCUT2D eigenvalue weighted by Crippen LogP contribution is 2.28. The molecule has 2 heterocycles. The molecule has 0 saturated heterocycles. The summed E-state index contributed by atoms with van der Waals surface area (Å²) in [5, 5.41) is 8.08. The van der Waals surface area contributed by atoms with Crippen molar-refractivity contribution in [3.63, 3.8) is 0 Å². The quantitative estimate of drug-likeness (QED) is 0.531. The molecule has 2 atom stereocenters. The lowest BCUT2D eigenvalue weighted by Gasteiger charge is -2.17. The highest BCUT2D eigenvalue weighted by atomic mass is 19.1. The number of hydrogen-bond donors (Lipinski definition) is 3. The molecule has 0 aliphatic carbocycles. The molecule has 2 unspecified atom stereocenters. The van der Waals surface area contributed by atoms with Gasteiger partial charge in [0.05, 0.1) is 23.9 Å². The first kappa shape index (κ1) is 21.3.